The van der Waals surface area contributed by atoms with E-state index in [2.05, 4.69) is 28.1 Å². The van der Waals surface area contributed by atoms with Gasteiger partial charge in [-0.15, -0.1) is 0 Å². The van der Waals surface area contributed by atoms with Crippen molar-refractivity contribution in [1.82, 2.24) is 0 Å². The van der Waals surface area contributed by atoms with E-state index in [0.717, 1.165) is 4.48 Å². The van der Waals surface area contributed by atoms with E-state index in [9.17, 15) is 0 Å². The van der Waals surface area contributed by atoms with Crippen LogP contribution in [0.2, 0.25) is 0 Å². The van der Waals surface area contributed by atoms with E-state index in [0.29, 0.717) is 0 Å². The molecule has 0 saturated carbocycles. The topological polar surface area (TPSA) is 80.3 Å². The van der Waals surface area contributed by atoms with Crippen molar-refractivity contribution in [3.8, 4) is 0 Å². The van der Waals surface area contributed by atoms with Gasteiger partial charge in [0, 0.05) is 10.4 Å². The van der Waals surface area contributed by atoms with Gasteiger partial charge in [-0.3, -0.25) is 8.42 Å². The first-order valence-electron chi connectivity index (χ1n) is 11.0. The molecule has 0 aromatic carbocycles. The van der Waals surface area contributed by atoms with Crippen LogP contribution in [-0.2, 0) is 10.4 Å². The monoisotopic (exact) mass is 447 g/mol. The molecular weight excluding hydrogens is 401 g/mol. The van der Waals surface area contributed by atoms with Crippen molar-refractivity contribution in [3.05, 3.63) is 0 Å². The van der Waals surface area contributed by atoms with Gasteiger partial charge in [0.1, 0.15) is 0 Å². The van der Waals surface area contributed by atoms with Crippen molar-refractivity contribution in [2.24, 2.45) is 0 Å². The first kappa shape index (κ1) is 34.1. The Labute approximate surface area is 219 Å². The van der Waals surface area contributed by atoms with E-state index < -0.39 is 10.4 Å². The van der Waals surface area contributed by atoms with Crippen molar-refractivity contribution in [2.75, 3.05) is 27.7 Å². The van der Waals surface area contributed by atoms with Crippen LogP contribution in [0.3, 0.4) is 0 Å². The summed E-state index contributed by atoms with van der Waals surface area (Å²) in [5, 5.41) is 0. The SMILES string of the molecule is CCCCCCCCCCCCCCCCCC[N+](C)(C)C.O=S(=O)([O-])[O-].[K+]. The molecule has 0 radical (unpaired) electrons. The first-order chi connectivity index (χ1) is 12.6. The molecule has 0 amide bonds. The standard InChI is InChI=1S/C21H46N.K.H2O4S/c1-5-6-7-8-9-10-11-12-13-14-15-16-17-18-19-20-21-22(2,3)4;;1-5(2,3)4/h5-21H2,1-4H3;;(H2,1,2,3,4)/q2*+1;/p-2. The fraction of sp³-hybridized carbons (Fsp3) is 1.00. The number of hydrogen-bond acceptors (Lipinski definition) is 4. The molecule has 166 valence electrons. The number of rotatable bonds is 17. The zero-order valence-electron chi connectivity index (χ0n) is 19.5. The number of quaternary nitrogens is 1. The van der Waals surface area contributed by atoms with Crippen LogP contribution in [-0.4, -0.2) is 49.7 Å². The normalized spacial score (nSPS) is 11.5. The smallest absolute Gasteiger partial charge is 0.759 e. The van der Waals surface area contributed by atoms with Crippen LogP contribution in [0.4, 0.5) is 0 Å². The van der Waals surface area contributed by atoms with Gasteiger partial charge in [-0.05, 0) is 12.8 Å². The molecule has 0 atom stereocenters. The molecule has 0 fully saturated rings. The van der Waals surface area contributed by atoms with Crippen LogP contribution in [0.25, 0.3) is 0 Å². The summed E-state index contributed by atoms with van der Waals surface area (Å²) >= 11 is 0. The van der Waals surface area contributed by atoms with E-state index in [1.165, 1.54) is 109 Å². The van der Waals surface area contributed by atoms with Crippen molar-refractivity contribution >= 4 is 10.4 Å². The molecule has 0 aliphatic carbocycles. The summed E-state index contributed by atoms with van der Waals surface area (Å²) in [6.45, 7) is 3.63. The van der Waals surface area contributed by atoms with E-state index in [1.807, 2.05) is 0 Å². The van der Waals surface area contributed by atoms with Crippen LogP contribution in [0.5, 0.6) is 0 Å². The molecule has 0 bridgehead atoms. The Morgan fingerprint density at radius 2 is 0.786 bits per heavy atom. The van der Waals surface area contributed by atoms with E-state index in [-0.39, 0.29) is 51.4 Å². The van der Waals surface area contributed by atoms with Crippen LogP contribution >= 0.6 is 0 Å². The molecule has 0 rings (SSSR count). The minimum Gasteiger partial charge on any atom is -0.759 e. The van der Waals surface area contributed by atoms with Crippen LogP contribution in [0, 0.1) is 0 Å². The Balaban J connectivity index is -0.000000918. The third-order valence-corrected chi connectivity index (χ3v) is 4.68. The van der Waals surface area contributed by atoms with Gasteiger partial charge in [-0.1, -0.05) is 96.8 Å². The summed E-state index contributed by atoms with van der Waals surface area (Å²) in [5.74, 6) is 0. The minimum atomic E-state index is -5.17. The molecule has 0 N–H and O–H groups in total. The predicted molar refractivity (Wildman–Crippen MR) is 113 cm³/mol. The number of hydrogen-bond donors (Lipinski definition) is 0. The molecule has 0 aromatic rings. The van der Waals surface area contributed by atoms with Gasteiger partial charge < -0.3 is 13.6 Å². The van der Waals surface area contributed by atoms with E-state index in [1.54, 1.807) is 0 Å². The van der Waals surface area contributed by atoms with E-state index in [4.69, 9.17) is 17.5 Å². The number of unbranched alkanes of at least 4 members (excludes halogenated alkanes) is 15. The van der Waals surface area contributed by atoms with Crippen LogP contribution in [0.1, 0.15) is 110 Å². The summed E-state index contributed by atoms with van der Waals surface area (Å²) < 4.78 is 35.2. The van der Waals surface area contributed by atoms with Crippen LogP contribution in [0.15, 0.2) is 0 Å². The summed E-state index contributed by atoms with van der Waals surface area (Å²) in [6.07, 6.45) is 23.4. The fourth-order valence-corrected chi connectivity index (χ4v) is 3.13. The van der Waals surface area contributed by atoms with Gasteiger partial charge in [0.2, 0.25) is 0 Å². The van der Waals surface area contributed by atoms with Gasteiger partial charge >= 0.3 is 51.4 Å². The molecule has 0 heterocycles. The maximum atomic E-state index is 8.52. The molecule has 28 heavy (non-hydrogen) atoms. The first-order valence-corrected chi connectivity index (χ1v) is 12.4. The number of nitrogens with zero attached hydrogens (tertiary/aromatic N) is 1. The maximum absolute atomic E-state index is 8.52. The third kappa shape index (κ3) is 45.9. The van der Waals surface area contributed by atoms with Gasteiger partial charge in [0.15, 0.2) is 0 Å². The van der Waals surface area contributed by atoms with Crippen molar-refractivity contribution in [1.29, 1.82) is 0 Å². The second-order valence-corrected chi connectivity index (χ2v) is 9.54. The summed E-state index contributed by atoms with van der Waals surface area (Å²) in [4.78, 5) is 0. The Morgan fingerprint density at radius 3 is 1.00 bits per heavy atom. The van der Waals surface area contributed by atoms with Crippen molar-refractivity contribution in [2.45, 2.75) is 110 Å². The van der Waals surface area contributed by atoms with Gasteiger partial charge in [0.05, 0.1) is 27.7 Å². The van der Waals surface area contributed by atoms with Gasteiger partial charge in [-0.25, -0.2) is 0 Å². The van der Waals surface area contributed by atoms with Gasteiger partial charge in [-0.2, -0.15) is 0 Å². The largest absolute Gasteiger partial charge is 1.00 e. The van der Waals surface area contributed by atoms with Gasteiger partial charge in [0.25, 0.3) is 0 Å². The maximum Gasteiger partial charge on any atom is 1.00 e. The predicted octanol–water partition coefficient (Wildman–Crippen LogP) is 2.62. The Morgan fingerprint density at radius 1 is 0.571 bits per heavy atom. The Hall–Kier alpha value is 1.47. The average Bonchev–Trinajstić information content (AvgIpc) is 2.52. The zero-order chi connectivity index (χ0) is 21.0. The summed E-state index contributed by atoms with van der Waals surface area (Å²) in [6, 6.07) is 0. The Kier molecular flexibility index (Phi) is 28.2. The molecular formula is C21H46KNO4S. The molecule has 0 aliphatic heterocycles. The molecule has 0 spiro atoms. The Bertz CT molecular complexity index is 390. The fourth-order valence-electron chi connectivity index (χ4n) is 3.13. The molecule has 0 aliphatic rings. The molecule has 0 unspecified atom stereocenters. The van der Waals surface area contributed by atoms with Crippen molar-refractivity contribution < 1.29 is 73.4 Å². The molecule has 0 saturated heterocycles. The average molecular weight is 448 g/mol. The minimum absolute atomic E-state index is 0. The zero-order valence-corrected chi connectivity index (χ0v) is 23.4. The molecule has 7 heteroatoms. The second kappa shape index (κ2) is 23.1. The van der Waals surface area contributed by atoms with Crippen LogP contribution < -0.4 is 51.4 Å². The summed E-state index contributed by atoms with van der Waals surface area (Å²) in [7, 11) is 1.72. The van der Waals surface area contributed by atoms with E-state index >= 15 is 0 Å². The molecule has 0 aromatic heterocycles. The summed E-state index contributed by atoms with van der Waals surface area (Å²) in [5.41, 5.74) is 0. The quantitative estimate of drug-likeness (QED) is 0.113. The molecule has 5 nitrogen and oxygen atoms in total. The third-order valence-electron chi connectivity index (χ3n) is 4.68. The van der Waals surface area contributed by atoms with Crippen molar-refractivity contribution in [3.63, 3.8) is 0 Å². The second-order valence-electron chi connectivity index (χ2n) is 8.73.